The number of fused-ring (bicyclic) bond motifs is 2. The Morgan fingerprint density at radius 1 is 1.11 bits per heavy atom. The molecule has 2 bridgehead atoms. The zero-order valence-corrected chi connectivity index (χ0v) is 11.0. The van der Waals surface area contributed by atoms with Gasteiger partial charge in [0.15, 0.2) is 0 Å². The van der Waals surface area contributed by atoms with Crippen molar-refractivity contribution in [2.45, 2.75) is 38.9 Å². The number of carbonyl (C=O) groups is 2. The number of hydrogen-bond donors (Lipinski definition) is 1. The van der Waals surface area contributed by atoms with Crippen molar-refractivity contribution in [1.29, 1.82) is 0 Å². The summed E-state index contributed by atoms with van der Waals surface area (Å²) in [6, 6.07) is 3.59. The summed E-state index contributed by atoms with van der Waals surface area (Å²) >= 11 is 0. The first-order valence-electron chi connectivity index (χ1n) is 6.39. The van der Waals surface area contributed by atoms with E-state index in [1.165, 1.54) is 4.90 Å². The SMILES string of the molecule is Cc1cc(N)c(N2C(=O)C3CCC(O3)C2=O)cc1C. The minimum atomic E-state index is -0.497. The van der Waals surface area contributed by atoms with Crippen LogP contribution in [0.5, 0.6) is 0 Å². The highest BCUT2D eigenvalue weighted by Crippen LogP contribution is 2.35. The lowest BCUT2D eigenvalue weighted by Crippen LogP contribution is -2.52. The van der Waals surface area contributed by atoms with Gasteiger partial charge in [0.1, 0.15) is 12.2 Å². The maximum absolute atomic E-state index is 12.3. The van der Waals surface area contributed by atoms with Crippen molar-refractivity contribution < 1.29 is 14.3 Å². The molecule has 2 aliphatic rings. The van der Waals surface area contributed by atoms with Crippen molar-refractivity contribution in [2.75, 3.05) is 10.6 Å². The fraction of sp³-hybridized carbons (Fsp3) is 0.429. The topological polar surface area (TPSA) is 72.6 Å². The van der Waals surface area contributed by atoms with Gasteiger partial charge >= 0.3 is 0 Å². The fourth-order valence-electron chi connectivity index (χ4n) is 2.65. The number of rotatable bonds is 1. The molecule has 3 rings (SSSR count). The number of hydrogen-bond acceptors (Lipinski definition) is 4. The minimum absolute atomic E-state index is 0.297. The molecule has 2 amide bonds. The van der Waals surface area contributed by atoms with Gasteiger partial charge in [-0.15, -0.1) is 0 Å². The molecule has 2 atom stereocenters. The van der Waals surface area contributed by atoms with E-state index < -0.39 is 12.2 Å². The van der Waals surface area contributed by atoms with Gasteiger partial charge < -0.3 is 10.5 Å². The summed E-state index contributed by atoms with van der Waals surface area (Å²) in [5.41, 5.74) is 8.95. The van der Waals surface area contributed by atoms with E-state index in [0.717, 1.165) is 11.1 Å². The monoisotopic (exact) mass is 260 g/mol. The van der Waals surface area contributed by atoms with Crippen LogP contribution in [0.25, 0.3) is 0 Å². The molecule has 0 saturated carbocycles. The third-order valence-electron chi connectivity index (χ3n) is 3.90. The fourth-order valence-corrected chi connectivity index (χ4v) is 2.65. The number of nitrogens with zero attached hydrogens (tertiary/aromatic N) is 1. The Bertz CT molecular complexity index is 560. The number of nitrogens with two attached hydrogens (primary N) is 1. The highest BCUT2D eigenvalue weighted by molar-refractivity contribution is 6.21. The van der Waals surface area contributed by atoms with Crippen LogP contribution in [-0.2, 0) is 14.3 Å². The van der Waals surface area contributed by atoms with Gasteiger partial charge in [0.05, 0.1) is 11.4 Å². The average Bonchev–Trinajstić information content (AvgIpc) is 2.80. The Kier molecular flexibility index (Phi) is 2.60. The van der Waals surface area contributed by atoms with E-state index >= 15 is 0 Å². The third kappa shape index (κ3) is 1.73. The Labute approximate surface area is 111 Å². The maximum Gasteiger partial charge on any atom is 0.263 e. The Morgan fingerprint density at radius 2 is 1.63 bits per heavy atom. The number of nitrogen functional groups attached to an aromatic ring is 1. The van der Waals surface area contributed by atoms with Crippen LogP contribution >= 0.6 is 0 Å². The zero-order valence-electron chi connectivity index (χ0n) is 11.0. The Balaban J connectivity index is 2.08. The molecule has 5 heteroatoms. The first-order valence-corrected chi connectivity index (χ1v) is 6.39. The van der Waals surface area contributed by atoms with E-state index in [1.807, 2.05) is 13.8 Å². The highest BCUT2D eigenvalue weighted by Gasteiger charge is 2.47. The lowest BCUT2D eigenvalue weighted by molar-refractivity contribution is -0.146. The summed E-state index contributed by atoms with van der Waals surface area (Å²) in [6.45, 7) is 3.88. The zero-order chi connectivity index (χ0) is 13.7. The molecule has 5 nitrogen and oxygen atoms in total. The van der Waals surface area contributed by atoms with Crippen molar-refractivity contribution >= 4 is 23.2 Å². The molecule has 1 aromatic rings. The van der Waals surface area contributed by atoms with Gasteiger partial charge in [-0.25, -0.2) is 4.90 Å². The first kappa shape index (κ1) is 12.2. The standard InChI is InChI=1S/C14H16N2O3/c1-7-5-9(15)10(6-8(7)2)16-13(17)11-3-4-12(19-11)14(16)18/h5-6,11-12H,3-4,15H2,1-2H3. The van der Waals surface area contributed by atoms with Crippen LogP contribution in [0, 0.1) is 13.8 Å². The molecule has 19 heavy (non-hydrogen) atoms. The van der Waals surface area contributed by atoms with E-state index in [4.69, 9.17) is 10.5 Å². The van der Waals surface area contributed by atoms with Crippen LogP contribution in [-0.4, -0.2) is 24.0 Å². The number of benzene rings is 1. The third-order valence-corrected chi connectivity index (χ3v) is 3.90. The molecule has 0 radical (unpaired) electrons. The second kappa shape index (κ2) is 4.06. The Morgan fingerprint density at radius 3 is 2.21 bits per heavy atom. The van der Waals surface area contributed by atoms with Gasteiger partial charge in [-0.05, 0) is 49.9 Å². The average molecular weight is 260 g/mol. The minimum Gasteiger partial charge on any atom is -0.397 e. The molecule has 0 aromatic heterocycles. The van der Waals surface area contributed by atoms with Crippen LogP contribution < -0.4 is 10.6 Å². The van der Waals surface area contributed by atoms with E-state index in [1.54, 1.807) is 12.1 Å². The van der Waals surface area contributed by atoms with Gasteiger partial charge in [0.25, 0.3) is 11.8 Å². The van der Waals surface area contributed by atoms with Crippen LogP contribution in [0.4, 0.5) is 11.4 Å². The summed E-state index contributed by atoms with van der Waals surface area (Å²) in [6.07, 6.45) is 0.222. The van der Waals surface area contributed by atoms with Crippen molar-refractivity contribution in [3.8, 4) is 0 Å². The predicted molar refractivity (Wildman–Crippen MR) is 70.7 cm³/mol. The number of morpholine rings is 1. The number of ether oxygens (including phenoxy) is 1. The van der Waals surface area contributed by atoms with Gasteiger partial charge in [-0.3, -0.25) is 9.59 Å². The van der Waals surface area contributed by atoms with Crippen molar-refractivity contribution in [2.24, 2.45) is 0 Å². The summed E-state index contributed by atoms with van der Waals surface area (Å²) in [7, 11) is 0. The van der Waals surface area contributed by atoms with Crippen LogP contribution in [0.3, 0.4) is 0 Å². The number of carbonyl (C=O) groups excluding carboxylic acids is 2. The molecule has 0 aliphatic carbocycles. The van der Waals surface area contributed by atoms with Crippen LogP contribution in [0.15, 0.2) is 12.1 Å². The van der Waals surface area contributed by atoms with Gasteiger partial charge in [-0.1, -0.05) is 0 Å². The van der Waals surface area contributed by atoms with Gasteiger partial charge in [0.2, 0.25) is 0 Å². The smallest absolute Gasteiger partial charge is 0.263 e. The highest BCUT2D eigenvalue weighted by atomic mass is 16.5. The molecule has 2 fully saturated rings. The number of amides is 2. The second-order valence-corrected chi connectivity index (χ2v) is 5.20. The lowest BCUT2D eigenvalue weighted by atomic mass is 10.1. The van der Waals surface area contributed by atoms with E-state index in [-0.39, 0.29) is 11.8 Å². The first-order chi connectivity index (χ1) is 8.99. The number of imide groups is 1. The number of anilines is 2. The van der Waals surface area contributed by atoms with Gasteiger partial charge in [0, 0.05) is 0 Å². The predicted octanol–water partition coefficient (Wildman–Crippen LogP) is 1.31. The lowest BCUT2D eigenvalue weighted by Gasteiger charge is -2.31. The largest absolute Gasteiger partial charge is 0.397 e. The molecule has 100 valence electrons. The molecule has 2 saturated heterocycles. The second-order valence-electron chi connectivity index (χ2n) is 5.20. The van der Waals surface area contributed by atoms with Gasteiger partial charge in [-0.2, -0.15) is 0 Å². The van der Waals surface area contributed by atoms with Crippen molar-refractivity contribution in [3.63, 3.8) is 0 Å². The molecular weight excluding hydrogens is 244 g/mol. The van der Waals surface area contributed by atoms with Crippen molar-refractivity contribution in [1.82, 2.24) is 0 Å². The molecule has 1 aromatic carbocycles. The summed E-state index contributed by atoms with van der Waals surface area (Å²) in [5.74, 6) is -0.595. The summed E-state index contributed by atoms with van der Waals surface area (Å²) in [5, 5.41) is 0. The van der Waals surface area contributed by atoms with Crippen LogP contribution in [0.2, 0.25) is 0 Å². The Hall–Kier alpha value is -1.88. The molecular formula is C14H16N2O3. The number of aryl methyl sites for hydroxylation is 2. The van der Waals surface area contributed by atoms with E-state index in [9.17, 15) is 9.59 Å². The molecule has 0 spiro atoms. The molecule has 2 N–H and O–H groups in total. The molecule has 2 unspecified atom stereocenters. The summed E-state index contributed by atoms with van der Waals surface area (Å²) < 4.78 is 5.39. The van der Waals surface area contributed by atoms with E-state index in [2.05, 4.69) is 0 Å². The maximum atomic E-state index is 12.3. The normalized spacial score (nSPS) is 26.1. The van der Waals surface area contributed by atoms with Crippen molar-refractivity contribution in [3.05, 3.63) is 23.3 Å². The molecule has 2 heterocycles. The quantitative estimate of drug-likeness (QED) is 0.610. The summed E-state index contributed by atoms with van der Waals surface area (Å²) in [4.78, 5) is 25.7. The van der Waals surface area contributed by atoms with E-state index in [0.29, 0.717) is 24.2 Å². The molecule has 2 aliphatic heterocycles. The van der Waals surface area contributed by atoms with Crippen LogP contribution in [0.1, 0.15) is 24.0 Å².